The van der Waals surface area contributed by atoms with Gasteiger partial charge in [0.1, 0.15) is 11.4 Å². The monoisotopic (exact) mass is 560 g/mol. The van der Waals surface area contributed by atoms with Gasteiger partial charge in [-0.25, -0.2) is 0 Å². The normalized spacial score (nSPS) is 18.7. The van der Waals surface area contributed by atoms with Gasteiger partial charge in [-0.3, -0.25) is 29.1 Å². The topological polar surface area (TPSA) is 129 Å². The van der Waals surface area contributed by atoms with Crippen LogP contribution in [0.4, 0.5) is 0 Å². The number of hydrogen-bond acceptors (Lipinski definition) is 6. The van der Waals surface area contributed by atoms with Crippen LogP contribution in [0.25, 0.3) is 11.4 Å². The van der Waals surface area contributed by atoms with E-state index in [2.05, 4.69) is 39.4 Å². The number of rotatable bonds is 5. The van der Waals surface area contributed by atoms with E-state index in [1.54, 1.807) is 17.2 Å². The summed E-state index contributed by atoms with van der Waals surface area (Å²) in [6.45, 7) is 6.30. The minimum Gasteiger partial charge on any atom is -0.351 e. The van der Waals surface area contributed by atoms with Gasteiger partial charge in [0.25, 0.3) is 11.8 Å². The summed E-state index contributed by atoms with van der Waals surface area (Å²) in [5, 5.41) is 14.7. The van der Waals surface area contributed by atoms with Crippen LogP contribution in [0, 0.1) is 5.92 Å². The Kier molecular flexibility index (Phi) is 8.80. The molecule has 3 aromatic rings. The summed E-state index contributed by atoms with van der Waals surface area (Å²) in [6, 6.07) is 7.28. The maximum absolute atomic E-state index is 13.6. The molecule has 0 saturated carbocycles. The summed E-state index contributed by atoms with van der Waals surface area (Å²) < 4.78 is 1.81. The van der Waals surface area contributed by atoms with Crippen molar-refractivity contribution in [2.45, 2.75) is 64.8 Å². The minimum absolute atomic E-state index is 0.0300. The smallest absolute Gasteiger partial charge is 0.272 e. The number of nitrogens with zero attached hydrogens (tertiary/aromatic N) is 6. The fourth-order valence-corrected chi connectivity index (χ4v) is 5.81. The highest BCUT2D eigenvalue weighted by Gasteiger charge is 2.33. The number of aromatic amines is 1. The van der Waals surface area contributed by atoms with Crippen LogP contribution in [-0.4, -0.2) is 84.7 Å². The number of amides is 3. The molecular weight excluding hydrogens is 520 g/mol. The van der Waals surface area contributed by atoms with Crippen molar-refractivity contribution in [1.29, 1.82) is 0 Å². The number of carbonyl (C=O) groups is 3. The van der Waals surface area contributed by atoms with Gasteiger partial charge in [-0.1, -0.05) is 19.9 Å². The van der Waals surface area contributed by atoms with Crippen LogP contribution < -0.4 is 5.32 Å². The molecule has 11 nitrogen and oxygen atoms in total. The first-order valence-electron chi connectivity index (χ1n) is 14.7. The lowest BCUT2D eigenvalue weighted by Crippen LogP contribution is -2.45. The molecule has 2 N–H and O–H groups in total. The number of aryl methyl sites for hydroxylation is 1. The first kappa shape index (κ1) is 28.5. The zero-order chi connectivity index (χ0) is 28.9. The van der Waals surface area contributed by atoms with E-state index in [9.17, 15) is 14.4 Å². The summed E-state index contributed by atoms with van der Waals surface area (Å²) in [4.78, 5) is 48.5. The maximum atomic E-state index is 13.6. The molecule has 0 spiro atoms. The lowest BCUT2D eigenvalue weighted by atomic mass is 9.89. The molecule has 0 aromatic carbocycles. The Morgan fingerprint density at radius 1 is 1.12 bits per heavy atom. The zero-order valence-corrected chi connectivity index (χ0v) is 24.2. The highest BCUT2D eigenvalue weighted by atomic mass is 16.2. The molecule has 1 aliphatic heterocycles. The third-order valence-electron chi connectivity index (χ3n) is 8.08. The van der Waals surface area contributed by atoms with Gasteiger partial charge in [0, 0.05) is 63.1 Å². The van der Waals surface area contributed by atoms with Crippen LogP contribution in [0.1, 0.15) is 78.2 Å². The molecule has 0 fully saturated rings. The molecule has 0 radical (unpaired) electrons. The van der Waals surface area contributed by atoms with E-state index in [1.807, 2.05) is 34.8 Å². The third kappa shape index (κ3) is 6.49. The van der Waals surface area contributed by atoms with E-state index in [-0.39, 0.29) is 23.8 Å². The van der Waals surface area contributed by atoms with Gasteiger partial charge in [-0.2, -0.15) is 10.2 Å². The van der Waals surface area contributed by atoms with E-state index < -0.39 is 0 Å². The number of aromatic nitrogens is 5. The molecule has 4 heterocycles. The van der Waals surface area contributed by atoms with Gasteiger partial charge in [-0.15, -0.1) is 0 Å². The average Bonchev–Trinajstić information content (AvgIpc) is 3.59. The quantitative estimate of drug-likeness (QED) is 0.494. The Morgan fingerprint density at radius 3 is 2.73 bits per heavy atom. The minimum atomic E-state index is -0.205. The Labute approximate surface area is 240 Å². The molecule has 41 heavy (non-hydrogen) atoms. The van der Waals surface area contributed by atoms with Crippen molar-refractivity contribution < 1.29 is 14.4 Å². The Hall–Kier alpha value is -4.02. The van der Waals surface area contributed by atoms with Gasteiger partial charge in [0.2, 0.25) is 5.91 Å². The van der Waals surface area contributed by atoms with Gasteiger partial charge < -0.3 is 15.1 Å². The number of pyridine rings is 1. The lowest BCUT2D eigenvalue weighted by molar-refractivity contribution is -0.134. The highest BCUT2D eigenvalue weighted by molar-refractivity contribution is 5.94. The van der Waals surface area contributed by atoms with Crippen molar-refractivity contribution in [3.05, 3.63) is 53.1 Å². The molecule has 5 rings (SSSR count). The fourth-order valence-electron chi connectivity index (χ4n) is 5.81. The fraction of sp³-hybridized carbons (Fsp3) is 0.533. The van der Waals surface area contributed by atoms with Gasteiger partial charge in [-0.05, 0) is 62.6 Å². The Balaban J connectivity index is 1.37. The number of carbonyl (C=O) groups excluding carboxylic acids is 3. The largest absolute Gasteiger partial charge is 0.351 e. The van der Waals surface area contributed by atoms with E-state index in [0.717, 1.165) is 30.5 Å². The first-order chi connectivity index (χ1) is 19.8. The summed E-state index contributed by atoms with van der Waals surface area (Å²) in [5.41, 5.74) is 4.13. The van der Waals surface area contributed by atoms with Crippen molar-refractivity contribution in [2.24, 2.45) is 13.0 Å². The summed E-state index contributed by atoms with van der Waals surface area (Å²) in [6.07, 6.45) is 6.37. The SMILES string of the molecule is CC(C)CCN1C(=O)CCCN(C(=O)c2cc(-c3ccccn3)n[nH]2)CCCNC(=O)c2nn(C)c3c2CC1CC3. The zero-order valence-electron chi connectivity index (χ0n) is 24.2. The molecule has 1 unspecified atom stereocenters. The standard InChI is InChI=1S/C30H40N8O3/c1-20(2)12-17-38-21-10-11-26-22(18-21)28(35-36(26)3)29(40)32-14-7-16-37(15-6-9-27(38)39)30(41)25-19-24(33-34-25)23-8-4-5-13-31-23/h4-5,8,13,19-21H,6-7,9-12,14-18H2,1-3H3,(H,32,40)(H,33,34). The van der Waals surface area contributed by atoms with E-state index >= 15 is 0 Å². The molecule has 2 bridgehead atoms. The second-order valence-electron chi connectivity index (χ2n) is 11.5. The van der Waals surface area contributed by atoms with E-state index in [1.165, 1.54) is 0 Å². The van der Waals surface area contributed by atoms with Gasteiger partial charge >= 0.3 is 0 Å². The Morgan fingerprint density at radius 2 is 1.95 bits per heavy atom. The molecule has 3 amide bonds. The Bertz CT molecular complexity index is 1380. The summed E-state index contributed by atoms with van der Waals surface area (Å²) in [7, 11) is 1.88. The van der Waals surface area contributed by atoms with Crippen LogP contribution in [0.2, 0.25) is 0 Å². The highest BCUT2D eigenvalue weighted by Crippen LogP contribution is 2.28. The number of H-pyrrole nitrogens is 1. The molecule has 218 valence electrons. The second-order valence-corrected chi connectivity index (χ2v) is 11.5. The molecule has 11 heteroatoms. The molecule has 3 aromatic heterocycles. The average molecular weight is 561 g/mol. The van der Waals surface area contributed by atoms with Crippen LogP contribution in [0.3, 0.4) is 0 Å². The van der Waals surface area contributed by atoms with Crippen LogP contribution >= 0.6 is 0 Å². The van der Waals surface area contributed by atoms with Crippen LogP contribution in [0.15, 0.2) is 30.5 Å². The van der Waals surface area contributed by atoms with Crippen LogP contribution in [0.5, 0.6) is 0 Å². The van der Waals surface area contributed by atoms with Crippen molar-refractivity contribution in [1.82, 2.24) is 40.1 Å². The maximum Gasteiger partial charge on any atom is 0.272 e. The van der Waals surface area contributed by atoms with Crippen molar-refractivity contribution >= 4 is 17.7 Å². The van der Waals surface area contributed by atoms with Gasteiger partial charge in [0.15, 0.2) is 5.69 Å². The second kappa shape index (κ2) is 12.7. The molecular formula is C30H40N8O3. The lowest BCUT2D eigenvalue weighted by Gasteiger charge is -2.35. The predicted octanol–water partition coefficient (Wildman–Crippen LogP) is 2.99. The number of fused-ring (bicyclic) bond motifs is 1. The first-order valence-corrected chi connectivity index (χ1v) is 14.7. The molecule has 0 saturated heterocycles. The molecule has 2 aliphatic rings. The van der Waals surface area contributed by atoms with Crippen molar-refractivity contribution in [3.63, 3.8) is 0 Å². The van der Waals surface area contributed by atoms with Crippen molar-refractivity contribution in [3.8, 4) is 11.4 Å². The number of hydrogen-bond donors (Lipinski definition) is 2. The van der Waals surface area contributed by atoms with E-state index in [0.29, 0.717) is 80.6 Å². The van der Waals surface area contributed by atoms with E-state index in [4.69, 9.17) is 0 Å². The summed E-state index contributed by atoms with van der Waals surface area (Å²) >= 11 is 0. The number of nitrogens with one attached hydrogen (secondary N) is 2. The summed E-state index contributed by atoms with van der Waals surface area (Å²) in [5.74, 6) is 0.183. The van der Waals surface area contributed by atoms with Crippen molar-refractivity contribution in [2.75, 3.05) is 26.2 Å². The molecule has 1 atom stereocenters. The predicted molar refractivity (Wildman–Crippen MR) is 154 cm³/mol. The van der Waals surface area contributed by atoms with Crippen LogP contribution in [-0.2, 0) is 24.7 Å². The third-order valence-corrected chi connectivity index (χ3v) is 8.08. The molecule has 1 aliphatic carbocycles. The van der Waals surface area contributed by atoms with Gasteiger partial charge in [0.05, 0.1) is 5.69 Å².